The van der Waals surface area contributed by atoms with Gasteiger partial charge in [0.2, 0.25) is 0 Å². The van der Waals surface area contributed by atoms with Crippen molar-refractivity contribution in [2.45, 2.75) is 18.6 Å². The number of benzene rings is 2. The van der Waals surface area contributed by atoms with Crippen molar-refractivity contribution in [3.63, 3.8) is 0 Å². The standard InChI is InChI=1S/C20H23FN4O2S/c1-13-3-2-4-16(9-13)23-20(27)25-7-8-28-17(12-25)10-14-5-6-15(11-18(14)21)19(26)24-22/h2-6,9,11,17H,7-8,10,12,22H2,1H3,(H,23,27)(H,24,26). The second-order valence-corrected chi connectivity index (χ2v) is 8.13. The van der Waals surface area contributed by atoms with Gasteiger partial charge in [-0.05, 0) is 48.7 Å². The number of hydrazine groups is 1. The normalized spacial score (nSPS) is 16.5. The zero-order chi connectivity index (χ0) is 20.1. The fourth-order valence-corrected chi connectivity index (χ4v) is 4.38. The minimum Gasteiger partial charge on any atom is -0.323 e. The third kappa shape index (κ3) is 5.02. The number of halogens is 1. The molecule has 3 rings (SSSR count). The molecule has 1 atom stereocenters. The molecule has 1 unspecified atom stereocenters. The predicted octanol–water partition coefficient (Wildman–Crippen LogP) is 2.93. The number of amides is 3. The van der Waals surface area contributed by atoms with Gasteiger partial charge in [-0.25, -0.2) is 15.0 Å². The lowest BCUT2D eigenvalue weighted by atomic mass is 10.1. The van der Waals surface area contributed by atoms with E-state index in [-0.39, 0.29) is 16.8 Å². The number of rotatable bonds is 4. The zero-order valence-corrected chi connectivity index (χ0v) is 16.4. The van der Waals surface area contributed by atoms with E-state index < -0.39 is 11.7 Å². The number of nitrogens with two attached hydrogens (primary N) is 1. The summed E-state index contributed by atoms with van der Waals surface area (Å²) in [7, 11) is 0. The first kappa shape index (κ1) is 20.2. The van der Waals surface area contributed by atoms with E-state index in [1.165, 1.54) is 6.07 Å². The molecule has 0 radical (unpaired) electrons. The van der Waals surface area contributed by atoms with Crippen LogP contribution in [0.2, 0.25) is 0 Å². The van der Waals surface area contributed by atoms with Crippen LogP contribution in [0.1, 0.15) is 21.5 Å². The minimum atomic E-state index is -0.531. The molecule has 2 aromatic rings. The quantitative estimate of drug-likeness (QED) is 0.417. The van der Waals surface area contributed by atoms with Gasteiger partial charge < -0.3 is 10.2 Å². The van der Waals surface area contributed by atoms with Crippen molar-refractivity contribution in [2.24, 2.45) is 5.84 Å². The highest BCUT2D eigenvalue weighted by molar-refractivity contribution is 8.00. The Morgan fingerprint density at radius 1 is 1.29 bits per heavy atom. The molecule has 3 amide bonds. The van der Waals surface area contributed by atoms with Crippen LogP contribution < -0.4 is 16.6 Å². The summed E-state index contributed by atoms with van der Waals surface area (Å²) in [5.41, 5.74) is 4.53. The lowest BCUT2D eigenvalue weighted by Gasteiger charge is -2.32. The number of anilines is 1. The van der Waals surface area contributed by atoms with E-state index in [0.717, 1.165) is 17.0 Å². The van der Waals surface area contributed by atoms with Crippen LogP contribution in [0.5, 0.6) is 0 Å². The lowest BCUT2D eigenvalue weighted by molar-refractivity contribution is 0.0953. The van der Waals surface area contributed by atoms with Gasteiger partial charge in [-0.2, -0.15) is 11.8 Å². The molecule has 1 aliphatic heterocycles. The number of carbonyl (C=O) groups excluding carboxylic acids is 2. The maximum atomic E-state index is 14.4. The van der Waals surface area contributed by atoms with Gasteiger partial charge in [0.1, 0.15) is 5.82 Å². The predicted molar refractivity (Wildman–Crippen MR) is 110 cm³/mol. The highest BCUT2D eigenvalue weighted by Crippen LogP contribution is 2.24. The maximum Gasteiger partial charge on any atom is 0.321 e. The third-order valence-electron chi connectivity index (χ3n) is 4.59. The number of hydrogen-bond donors (Lipinski definition) is 3. The van der Waals surface area contributed by atoms with Gasteiger partial charge in [0.25, 0.3) is 5.91 Å². The fourth-order valence-electron chi connectivity index (χ4n) is 3.14. The summed E-state index contributed by atoms with van der Waals surface area (Å²) in [4.78, 5) is 25.8. The van der Waals surface area contributed by atoms with Crippen LogP contribution >= 0.6 is 11.8 Å². The highest BCUT2D eigenvalue weighted by atomic mass is 32.2. The average molecular weight is 402 g/mol. The molecule has 4 N–H and O–H groups in total. The number of urea groups is 1. The summed E-state index contributed by atoms with van der Waals surface area (Å²) in [6, 6.07) is 11.8. The van der Waals surface area contributed by atoms with Crippen LogP contribution in [0.4, 0.5) is 14.9 Å². The summed E-state index contributed by atoms with van der Waals surface area (Å²) in [6.45, 7) is 3.16. The molecule has 1 heterocycles. The Bertz CT molecular complexity index is 877. The molecule has 0 saturated carbocycles. The van der Waals surface area contributed by atoms with E-state index in [4.69, 9.17) is 5.84 Å². The van der Waals surface area contributed by atoms with Crippen molar-refractivity contribution < 1.29 is 14.0 Å². The van der Waals surface area contributed by atoms with Crippen LogP contribution in [0.3, 0.4) is 0 Å². The Morgan fingerprint density at radius 2 is 2.11 bits per heavy atom. The topological polar surface area (TPSA) is 87.5 Å². The molecule has 0 aromatic heterocycles. The first-order chi connectivity index (χ1) is 13.5. The first-order valence-corrected chi connectivity index (χ1v) is 10.0. The summed E-state index contributed by atoms with van der Waals surface area (Å²) in [6.07, 6.45) is 0.481. The molecule has 2 aromatic carbocycles. The van der Waals surface area contributed by atoms with Crippen molar-refractivity contribution >= 4 is 29.4 Å². The lowest BCUT2D eigenvalue weighted by Crippen LogP contribution is -2.44. The number of nitrogens with zero attached hydrogens (tertiary/aromatic N) is 1. The number of nitrogen functional groups attached to an aromatic ring is 1. The molecule has 1 aliphatic rings. The zero-order valence-electron chi connectivity index (χ0n) is 15.6. The number of thioether (sulfide) groups is 1. The van der Waals surface area contributed by atoms with Crippen LogP contribution in [-0.4, -0.2) is 40.9 Å². The fraction of sp³-hybridized carbons (Fsp3) is 0.300. The van der Waals surface area contributed by atoms with E-state index in [0.29, 0.717) is 25.1 Å². The summed E-state index contributed by atoms with van der Waals surface area (Å²) >= 11 is 1.72. The largest absolute Gasteiger partial charge is 0.323 e. The molecular weight excluding hydrogens is 379 g/mol. The Morgan fingerprint density at radius 3 is 2.82 bits per heavy atom. The van der Waals surface area contributed by atoms with Gasteiger partial charge in [-0.3, -0.25) is 10.2 Å². The maximum absolute atomic E-state index is 14.4. The summed E-state index contributed by atoms with van der Waals surface area (Å²) < 4.78 is 14.4. The highest BCUT2D eigenvalue weighted by Gasteiger charge is 2.25. The van der Waals surface area contributed by atoms with Crippen LogP contribution in [0, 0.1) is 12.7 Å². The molecule has 6 nitrogen and oxygen atoms in total. The molecule has 0 spiro atoms. The minimum absolute atomic E-state index is 0.0840. The Kier molecular flexibility index (Phi) is 6.53. The molecule has 1 fully saturated rings. The first-order valence-electron chi connectivity index (χ1n) is 9.00. The van der Waals surface area contributed by atoms with Crippen molar-refractivity contribution in [2.75, 3.05) is 24.2 Å². The van der Waals surface area contributed by atoms with E-state index in [2.05, 4.69) is 5.32 Å². The van der Waals surface area contributed by atoms with Gasteiger partial charge >= 0.3 is 6.03 Å². The molecule has 28 heavy (non-hydrogen) atoms. The SMILES string of the molecule is Cc1cccc(NC(=O)N2CCSC(Cc3ccc(C(=O)NN)cc3F)C2)c1. The Labute approximate surface area is 167 Å². The molecule has 0 aliphatic carbocycles. The summed E-state index contributed by atoms with van der Waals surface area (Å²) in [5, 5.41) is 3.01. The molecule has 148 valence electrons. The van der Waals surface area contributed by atoms with Crippen molar-refractivity contribution in [3.8, 4) is 0 Å². The van der Waals surface area contributed by atoms with Gasteiger partial charge in [-0.15, -0.1) is 0 Å². The Hall–Kier alpha value is -2.58. The van der Waals surface area contributed by atoms with Gasteiger partial charge in [0.15, 0.2) is 0 Å². The average Bonchev–Trinajstić information content (AvgIpc) is 2.69. The number of hydrogen-bond acceptors (Lipinski definition) is 4. The second kappa shape index (κ2) is 9.07. The number of nitrogens with one attached hydrogen (secondary N) is 2. The van der Waals surface area contributed by atoms with Crippen LogP contribution in [0.25, 0.3) is 0 Å². The molecule has 1 saturated heterocycles. The van der Waals surface area contributed by atoms with E-state index >= 15 is 0 Å². The molecule has 8 heteroatoms. The molecule has 0 bridgehead atoms. The monoisotopic (exact) mass is 402 g/mol. The van der Waals surface area contributed by atoms with Crippen molar-refractivity contribution in [1.29, 1.82) is 0 Å². The Balaban J connectivity index is 1.62. The third-order valence-corrected chi connectivity index (χ3v) is 5.79. The second-order valence-electron chi connectivity index (χ2n) is 6.72. The van der Waals surface area contributed by atoms with Gasteiger partial charge in [0, 0.05) is 35.3 Å². The summed E-state index contributed by atoms with van der Waals surface area (Å²) in [5.74, 6) is 4.90. The van der Waals surface area contributed by atoms with Gasteiger partial charge in [-0.1, -0.05) is 18.2 Å². The van der Waals surface area contributed by atoms with Crippen molar-refractivity contribution in [1.82, 2.24) is 10.3 Å². The van der Waals surface area contributed by atoms with Crippen LogP contribution in [-0.2, 0) is 6.42 Å². The van der Waals surface area contributed by atoms with E-state index in [9.17, 15) is 14.0 Å². The van der Waals surface area contributed by atoms with E-state index in [1.807, 2.05) is 36.6 Å². The number of aryl methyl sites for hydroxylation is 1. The van der Waals surface area contributed by atoms with Gasteiger partial charge in [0.05, 0.1) is 0 Å². The van der Waals surface area contributed by atoms with Crippen LogP contribution in [0.15, 0.2) is 42.5 Å². The van der Waals surface area contributed by atoms with E-state index in [1.54, 1.807) is 28.8 Å². The van der Waals surface area contributed by atoms with Crippen molar-refractivity contribution in [3.05, 3.63) is 65.0 Å². The smallest absolute Gasteiger partial charge is 0.321 e. The number of carbonyl (C=O) groups is 2. The molecular formula is C20H23FN4O2S.